The van der Waals surface area contributed by atoms with Crippen molar-refractivity contribution in [2.75, 3.05) is 19.8 Å². The number of rotatable bonds is 5. The van der Waals surface area contributed by atoms with Gasteiger partial charge in [-0.2, -0.15) is 0 Å². The fourth-order valence-corrected chi connectivity index (χ4v) is 2.34. The van der Waals surface area contributed by atoms with Gasteiger partial charge in [0.05, 0.1) is 6.61 Å². The summed E-state index contributed by atoms with van der Waals surface area (Å²) in [5.41, 5.74) is 1.00. The van der Waals surface area contributed by atoms with E-state index >= 15 is 0 Å². The molecule has 0 aliphatic carbocycles. The second-order valence-corrected chi connectivity index (χ2v) is 5.31. The van der Waals surface area contributed by atoms with Crippen molar-refractivity contribution in [1.82, 2.24) is 10.6 Å². The van der Waals surface area contributed by atoms with Crippen LogP contribution in [0.5, 0.6) is 0 Å². The Labute approximate surface area is 123 Å². The van der Waals surface area contributed by atoms with E-state index in [0.29, 0.717) is 19.6 Å². The van der Waals surface area contributed by atoms with Crippen molar-refractivity contribution in [2.24, 2.45) is 0 Å². The van der Waals surface area contributed by atoms with Crippen molar-refractivity contribution in [2.45, 2.75) is 25.3 Å². The van der Waals surface area contributed by atoms with Crippen LogP contribution < -0.4 is 10.6 Å². The second kappa shape index (κ2) is 6.58. The number of aliphatic carboxylic acids is 1. The van der Waals surface area contributed by atoms with E-state index in [1.54, 1.807) is 0 Å². The highest BCUT2D eigenvalue weighted by Crippen LogP contribution is 2.18. The summed E-state index contributed by atoms with van der Waals surface area (Å²) in [6.07, 6.45) is 0.985. The van der Waals surface area contributed by atoms with E-state index < -0.39 is 17.5 Å². The number of hydrogen-bond acceptors (Lipinski definition) is 3. The van der Waals surface area contributed by atoms with Gasteiger partial charge >= 0.3 is 12.0 Å². The molecule has 0 saturated carbocycles. The third kappa shape index (κ3) is 3.95. The number of carboxylic acids is 1. The van der Waals surface area contributed by atoms with Gasteiger partial charge in [0.2, 0.25) is 0 Å². The molecular weight excluding hydrogens is 272 g/mol. The fraction of sp³-hybridized carbons (Fsp3) is 0.467. The average Bonchev–Trinajstić information content (AvgIpc) is 2.88. The second-order valence-electron chi connectivity index (χ2n) is 5.31. The number of carbonyl (C=O) groups is 2. The summed E-state index contributed by atoms with van der Waals surface area (Å²) in [5, 5.41) is 14.4. The summed E-state index contributed by atoms with van der Waals surface area (Å²) < 4.78 is 5.09. The number of benzene rings is 1. The topological polar surface area (TPSA) is 87.7 Å². The Hall–Kier alpha value is -2.08. The maximum absolute atomic E-state index is 11.8. The van der Waals surface area contributed by atoms with E-state index in [1.165, 1.54) is 5.56 Å². The SMILES string of the molecule is Cc1cccc(CCNC(=O)NC2(C(=O)O)CCOC2)c1. The van der Waals surface area contributed by atoms with Gasteiger partial charge in [0.1, 0.15) is 0 Å². The molecule has 1 aromatic carbocycles. The smallest absolute Gasteiger partial charge is 0.332 e. The molecule has 1 aliphatic heterocycles. The molecule has 1 aliphatic rings. The number of amides is 2. The van der Waals surface area contributed by atoms with E-state index in [4.69, 9.17) is 4.74 Å². The monoisotopic (exact) mass is 292 g/mol. The zero-order chi connectivity index (χ0) is 15.3. The lowest BCUT2D eigenvalue weighted by atomic mass is 9.99. The van der Waals surface area contributed by atoms with Gasteiger partial charge in [0.25, 0.3) is 0 Å². The molecule has 1 aromatic rings. The third-order valence-electron chi connectivity index (χ3n) is 3.57. The van der Waals surface area contributed by atoms with Gasteiger partial charge in [-0.25, -0.2) is 9.59 Å². The molecule has 1 saturated heterocycles. The number of nitrogens with one attached hydrogen (secondary N) is 2. The Morgan fingerprint density at radius 3 is 2.86 bits per heavy atom. The first-order valence-electron chi connectivity index (χ1n) is 6.94. The molecule has 0 radical (unpaired) electrons. The van der Waals surface area contributed by atoms with Gasteiger partial charge in [-0.3, -0.25) is 0 Å². The molecule has 0 spiro atoms. The minimum absolute atomic E-state index is 0.00757. The number of aryl methyl sites for hydroxylation is 1. The van der Waals surface area contributed by atoms with Crippen LogP contribution in [-0.2, 0) is 16.0 Å². The Bertz CT molecular complexity index is 524. The van der Waals surface area contributed by atoms with Crippen molar-refractivity contribution in [1.29, 1.82) is 0 Å². The lowest BCUT2D eigenvalue weighted by molar-refractivity contribution is -0.144. The maximum atomic E-state index is 11.8. The minimum atomic E-state index is -1.30. The Kier molecular flexibility index (Phi) is 4.80. The number of urea groups is 1. The van der Waals surface area contributed by atoms with Gasteiger partial charge in [-0.15, -0.1) is 0 Å². The van der Waals surface area contributed by atoms with Gasteiger partial charge in [-0.05, 0) is 18.9 Å². The zero-order valence-corrected chi connectivity index (χ0v) is 12.0. The summed E-state index contributed by atoms with van der Waals surface area (Å²) in [5.74, 6) is -1.06. The van der Waals surface area contributed by atoms with Crippen LogP contribution in [0.2, 0.25) is 0 Å². The molecule has 21 heavy (non-hydrogen) atoms. The maximum Gasteiger partial charge on any atom is 0.332 e. The van der Waals surface area contributed by atoms with Gasteiger partial charge < -0.3 is 20.5 Å². The van der Waals surface area contributed by atoms with Crippen LogP contribution in [0.4, 0.5) is 4.79 Å². The van der Waals surface area contributed by atoms with Crippen LogP contribution in [0.1, 0.15) is 17.5 Å². The summed E-state index contributed by atoms with van der Waals surface area (Å²) >= 11 is 0. The Balaban J connectivity index is 1.81. The van der Waals surface area contributed by atoms with Crippen molar-refractivity contribution < 1.29 is 19.4 Å². The normalized spacial score (nSPS) is 21.0. The Morgan fingerprint density at radius 1 is 1.43 bits per heavy atom. The van der Waals surface area contributed by atoms with Gasteiger partial charge in [0.15, 0.2) is 5.54 Å². The third-order valence-corrected chi connectivity index (χ3v) is 3.57. The van der Waals surface area contributed by atoms with E-state index in [2.05, 4.69) is 16.7 Å². The van der Waals surface area contributed by atoms with Crippen LogP contribution in [0.15, 0.2) is 24.3 Å². The molecule has 1 heterocycles. The lowest BCUT2D eigenvalue weighted by Crippen LogP contribution is -2.57. The number of ether oxygens (including phenoxy) is 1. The average molecular weight is 292 g/mol. The van der Waals surface area contributed by atoms with E-state index in [1.807, 2.05) is 25.1 Å². The molecule has 1 atom stereocenters. The van der Waals surface area contributed by atoms with Crippen LogP contribution in [-0.4, -0.2) is 42.4 Å². The standard InChI is InChI=1S/C15H20N2O4/c1-11-3-2-4-12(9-11)5-7-16-14(20)17-15(13(18)19)6-8-21-10-15/h2-4,9H,5-8,10H2,1H3,(H,18,19)(H2,16,17,20). The zero-order valence-electron chi connectivity index (χ0n) is 12.0. The predicted molar refractivity (Wildman–Crippen MR) is 77.2 cm³/mol. The van der Waals surface area contributed by atoms with E-state index in [0.717, 1.165) is 5.56 Å². The van der Waals surface area contributed by atoms with Gasteiger partial charge in [0, 0.05) is 19.6 Å². The first-order valence-corrected chi connectivity index (χ1v) is 6.94. The molecule has 0 bridgehead atoms. The number of carboxylic acid groups (broad SMARTS) is 1. The molecule has 6 nitrogen and oxygen atoms in total. The van der Waals surface area contributed by atoms with Crippen molar-refractivity contribution in [3.63, 3.8) is 0 Å². The van der Waals surface area contributed by atoms with E-state index in [-0.39, 0.29) is 13.0 Å². The Morgan fingerprint density at radius 2 is 2.24 bits per heavy atom. The van der Waals surface area contributed by atoms with Crippen LogP contribution in [0, 0.1) is 6.92 Å². The molecule has 2 amide bonds. The van der Waals surface area contributed by atoms with E-state index in [9.17, 15) is 14.7 Å². The summed E-state index contributed by atoms with van der Waals surface area (Å²) in [6, 6.07) is 7.56. The molecule has 1 unspecified atom stereocenters. The predicted octanol–water partition coefficient (Wildman–Crippen LogP) is 1.08. The molecular formula is C15H20N2O4. The molecule has 2 rings (SSSR count). The molecule has 3 N–H and O–H groups in total. The van der Waals surface area contributed by atoms with Crippen molar-refractivity contribution >= 4 is 12.0 Å². The summed E-state index contributed by atoms with van der Waals surface area (Å²) in [7, 11) is 0. The van der Waals surface area contributed by atoms with Crippen LogP contribution in [0.25, 0.3) is 0 Å². The first-order chi connectivity index (χ1) is 10.0. The summed E-state index contributed by atoms with van der Waals surface area (Å²) in [6.45, 7) is 2.82. The molecule has 1 fully saturated rings. The highest BCUT2D eigenvalue weighted by atomic mass is 16.5. The number of hydrogen-bond donors (Lipinski definition) is 3. The molecule has 114 valence electrons. The minimum Gasteiger partial charge on any atom is -0.479 e. The number of carbonyl (C=O) groups excluding carboxylic acids is 1. The molecule has 6 heteroatoms. The highest BCUT2D eigenvalue weighted by molar-refractivity contribution is 5.86. The molecule has 0 aromatic heterocycles. The first kappa shape index (κ1) is 15.3. The largest absolute Gasteiger partial charge is 0.479 e. The van der Waals surface area contributed by atoms with Crippen LogP contribution >= 0.6 is 0 Å². The highest BCUT2D eigenvalue weighted by Gasteiger charge is 2.43. The van der Waals surface area contributed by atoms with Crippen molar-refractivity contribution in [3.05, 3.63) is 35.4 Å². The summed E-state index contributed by atoms with van der Waals surface area (Å²) in [4.78, 5) is 23.1. The quantitative estimate of drug-likeness (QED) is 0.758. The van der Waals surface area contributed by atoms with Gasteiger partial charge in [-0.1, -0.05) is 29.8 Å². The fourth-order valence-electron chi connectivity index (χ4n) is 2.34. The van der Waals surface area contributed by atoms with Crippen LogP contribution in [0.3, 0.4) is 0 Å². The van der Waals surface area contributed by atoms with Crippen molar-refractivity contribution in [3.8, 4) is 0 Å². The lowest BCUT2D eigenvalue weighted by Gasteiger charge is -2.23.